The minimum absolute atomic E-state index is 0. The number of halogens is 1. The fourth-order valence-corrected chi connectivity index (χ4v) is 11.5. The minimum atomic E-state index is -0.412. The van der Waals surface area contributed by atoms with Gasteiger partial charge in [-0.05, 0) is 92.8 Å². The number of hydrogen-bond donors (Lipinski definition) is 0. The van der Waals surface area contributed by atoms with Crippen LogP contribution in [0.25, 0.3) is 132 Å². The van der Waals surface area contributed by atoms with E-state index < -0.39 is 18.3 Å². The summed E-state index contributed by atoms with van der Waals surface area (Å²) in [5, 5.41) is 11.3. The van der Waals surface area contributed by atoms with Gasteiger partial charge in [0.2, 0.25) is 0 Å². The SMILES string of the molecule is Brc1ccc(-c2nc3ccccc3c3c(-c4ccccc4)c4c(cc23)oc2ccccc24)cc1.CC1(C)OB(c2ccc(-c3nc4ccccc4c4c(-c5ccccc5)c5c(cc34)oc3ccccc35)cc2)OC1(C)C.[CH3-]. The number of rotatable bonds is 5. The van der Waals surface area contributed by atoms with Crippen molar-refractivity contribution in [1.82, 2.24) is 9.97 Å². The van der Waals surface area contributed by atoms with E-state index in [1.54, 1.807) is 0 Å². The molecule has 8 heteroatoms. The van der Waals surface area contributed by atoms with Gasteiger partial charge in [0.05, 0.1) is 33.6 Å². The fourth-order valence-electron chi connectivity index (χ4n) is 11.2. The molecule has 0 saturated carbocycles. The maximum Gasteiger partial charge on any atom is 0.494 e. The van der Waals surface area contributed by atoms with Crippen LogP contribution in [0.3, 0.4) is 0 Å². The van der Waals surface area contributed by atoms with E-state index in [9.17, 15) is 0 Å². The van der Waals surface area contributed by atoms with Gasteiger partial charge >= 0.3 is 7.12 Å². The van der Waals surface area contributed by atoms with E-state index >= 15 is 0 Å². The monoisotopic (exact) mass is 1060 g/mol. The summed E-state index contributed by atoms with van der Waals surface area (Å²) in [6, 6.07) is 75.9. The summed E-state index contributed by atoms with van der Waals surface area (Å²) in [6.07, 6.45) is 0. The second-order valence-electron chi connectivity index (χ2n) is 20.7. The molecule has 0 unspecified atom stereocenters. The van der Waals surface area contributed by atoms with Gasteiger partial charge in [0, 0.05) is 80.6 Å². The van der Waals surface area contributed by atoms with Crippen LogP contribution in [0.1, 0.15) is 27.7 Å². The Morgan fingerprint density at radius 1 is 0.364 bits per heavy atom. The normalized spacial score (nSPS) is 14.0. The molecular weight excluding hydrogens is 1010 g/mol. The fraction of sp³-hybridized carbons (Fsp3) is 0.0870. The zero-order valence-corrected chi connectivity index (χ0v) is 44.9. The van der Waals surface area contributed by atoms with E-state index in [0.717, 1.165) is 114 Å². The zero-order chi connectivity index (χ0) is 51.3. The van der Waals surface area contributed by atoms with Gasteiger partial charge in [-0.15, -0.1) is 0 Å². The molecule has 0 atom stereocenters. The van der Waals surface area contributed by atoms with E-state index in [2.05, 4.69) is 238 Å². The lowest BCUT2D eigenvalue weighted by Crippen LogP contribution is -2.41. The van der Waals surface area contributed by atoms with Crippen molar-refractivity contribution in [3.8, 4) is 44.8 Å². The quantitative estimate of drug-likeness (QED) is 0.0972. The summed E-state index contributed by atoms with van der Waals surface area (Å²) in [7, 11) is -0.412. The Labute approximate surface area is 455 Å². The Morgan fingerprint density at radius 3 is 1.18 bits per heavy atom. The Balaban J connectivity index is 0.000000148. The molecule has 5 heterocycles. The van der Waals surface area contributed by atoms with Crippen molar-refractivity contribution in [2.75, 3.05) is 0 Å². The molecule has 0 spiro atoms. The first-order valence-corrected chi connectivity index (χ1v) is 26.5. The molecule has 77 heavy (non-hydrogen) atoms. The van der Waals surface area contributed by atoms with Crippen LogP contribution in [0, 0.1) is 7.43 Å². The van der Waals surface area contributed by atoms with E-state index in [1.165, 1.54) is 27.5 Å². The van der Waals surface area contributed by atoms with Crippen molar-refractivity contribution in [2.24, 2.45) is 0 Å². The summed E-state index contributed by atoms with van der Waals surface area (Å²) in [5.41, 5.74) is 14.3. The van der Waals surface area contributed by atoms with Crippen LogP contribution in [0.4, 0.5) is 0 Å². The zero-order valence-electron chi connectivity index (χ0n) is 43.3. The highest BCUT2D eigenvalue weighted by atomic mass is 79.9. The number of nitrogens with zero attached hydrogens (tertiary/aromatic N) is 2. The van der Waals surface area contributed by atoms with Gasteiger partial charge in [-0.25, -0.2) is 9.97 Å². The highest BCUT2D eigenvalue weighted by Crippen LogP contribution is 2.48. The lowest BCUT2D eigenvalue weighted by atomic mass is 9.78. The molecule has 0 amide bonds. The van der Waals surface area contributed by atoms with Crippen molar-refractivity contribution in [3.05, 3.63) is 230 Å². The Morgan fingerprint density at radius 2 is 0.740 bits per heavy atom. The van der Waals surface area contributed by atoms with Crippen LogP contribution in [0.5, 0.6) is 0 Å². The van der Waals surface area contributed by atoms with Gasteiger partial charge in [-0.3, -0.25) is 0 Å². The Kier molecular flexibility index (Phi) is 11.7. The Bertz CT molecular complexity index is 4570. The topological polar surface area (TPSA) is 70.5 Å². The second-order valence-corrected chi connectivity index (χ2v) is 21.6. The molecule has 1 aliphatic heterocycles. The molecule has 0 bridgehead atoms. The van der Waals surface area contributed by atoms with Crippen LogP contribution in [-0.2, 0) is 9.31 Å². The van der Waals surface area contributed by atoms with E-state index in [0.29, 0.717) is 0 Å². The molecule has 6 nitrogen and oxygen atoms in total. The molecule has 1 saturated heterocycles. The molecule has 372 valence electrons. The van der Waals surface area contributed by atoms with Crippen LogP contribution >= 0.6 is 15.9 Å². The number of fused-ring (bicyclic) bond motifs is 12. The molecule has 1 fully saturated rings. The standard InChI is InChI=1S/C37H30BNO3.C31H18BrNO.CH3/c1-36(2)37(3,4)42-38(41-36)25-20-18-24(19-21-25)35-28-22-31-34(27-15-9-11-17-30(27)40-31)32(23-12-6-5-7-13-23)33(28)26-14-8-10-16-29(26)39-35;32-21-16-14-20(15-17-21)31-24-18-27-30(23-11-5-7-13-26(23)34-27)28(19-8-2-1-3-9-19)29(24)22-10-4-6-12-25(22)33-31;/h5-22H,1-4H3;1-18H;1H3/q;;-1. The van der Waals surface area contributed by atoms with Crippen molar-refractivity contribution < 1.29 is 18.1 Å². The highest BCUT2D eigenvalue weighted by Gasteiger charge is 2.51. The van der Waals surface area contributed by atoms with E-state index in [1.807, 2.05) is 24.3 Å². The van der Waals surface area contributed by atoms with Crippen molar-refractivity contribution in [2.45, 2.75) is 38.9 Å². The van der Waals surface area contributed by atoms with Gasteiger partial charge in [-0.2, -0.15) is 0 Å². The third kappa shape index (κ3) is 8.01. The van der Waals surface area contributed by atoms with Crippen molar-refractivity contribution in [3.63, 3.8) is 0 Å². The minimum Gasteiger partial charge on any atom is -0.456 e. The predicted octanol–water partition coefficient (Wildman–Crippen LogP) is 18.8. The van der Waals surface area contributed by atoms with E-state index in [-0.39, 0.29) is 7.43 Å². The lowest BCUT2D eigenvalue weighted by Gasteiger charge is -2.32. The van der Waals surface area contributed by atoms with Crippen LogP contribution in [0.2, 0.25) is 0 Å². The lowest BCUT2D eigenvalue weighted by molar-refractivity contribution is 0.00578. The Hall–Kier alpha value is -8.40. The van der Waals surface area contributed by atoms with Crippen LogP contribution in [0.15, 0.2) is 232 Å². The molecule has 15 rings (SSSR count). The molecule has 0 radical (unpaired) electrons. The first-order chi connectivity index (χ1) is 37.1. The maximum absolute atomic E-state index is 6.49. The number of hydrogen-bond acceptors (Lipinski definition) is 6. The van der Waals surface area contributed by atoms with E-state index in [4.69, 9.17) is 28.1 Å². The summed E-state index contributed by atoms with van der Waals surface area (Å²) in [6.45, 7) is 8.32. The number of benzene rings is 10. The molecule has 1 aliphatic rings. The third-order valence-corrected chi connectivity index (χ3v) is 16.1. The van der Waals surface area contributed by atoms with Gasteiger partial charge in [0.25, 0.3) is 0 Å². The first kappa shape index (κ1) is 48.3. The van der Waals surface area contributed by atoms with Crippen molar-refractivity contribution >= 4 is 116 Å². The maximum atomic E-state index is 6.49. The summed E-state index contributed by atoms with van der Waals surface area (Å²) < 4.78 is 26.6. The predicted molar refractivity (Wildman–Crippen MR) is 325 cm³/mol. The second kappa shape index (κ2) is 18.7. The van der Waals surface area contributed by atoms with Crippen LogP contribution in [-0.4, -0.2) is 28.3 Å². The smallest absolute Gasteiger partial charge is 0.456 e. The molecule has 10 aromatic carbocycles. The average Bonchev–Trinajstić information content (AvgIpc) is 4.25. The van der Waals surface area contributed by atoms with Crippen LogP contribution < -0.4 is 5.46 Å². The molecule has 0 aliphatic carbocycles. The third-order valence-electron chi connectivity index (χ3n) is 15.6. The van der Waals surface area contributed by atoms with Gasteiger partial charge in [-0.1, -0.05) is 186 Å². The molecule has 0 N–H and O–H groups in total. The first-order valence-electron chi connectivity index (χ1n) is 25.7. The summed E-state index contributed by atoms with van der Waals surface area (Å²) in [5.74, 6) is 0. The van der Waals surface area contributed by atoms with Gasteiger partial charge in [0.15, 0.2) is 0 Å². The van der Waals surface area contributed by atoms with Gasteiger partial charge < -0.3 is 25.6 Å². The number of aromatic nitrogens is 2. The summed E-state index contributed by atoms with van der Waals surface area (Å²) >= 11 is 3.57. The average molecular weight is 1060 g/mol. The molecule has 4 aromatic heterocycles. The highest BCUT2D eigenvalue weighted by molar-refractivity contribution is 9.10. The summed E-state index contributed by atoms with van der Waals surface area (Å²) in [4.78, 5) is 10.4. The van der Waals surface area contributed by atoms with Gasteiger partial charge in [0.1, 0.15) is 22.3 Å². The molecule has 14 aromatic rings. The number of pyridine rings is 2. The van der Waals surface area contributed by atoms with Crippen molar-refractivity contribution in [1.29, 1.82) is 0 Å². The largest absolute Gasteiger partial charge is 0.494 e. The number of furan rings is 2. The number of para-hydroxylation sites is 4. The molecular formula is C69H51BBrN2O4-.